The molecule has 2 heterocycles. The number of aliphatic carboxylic acids is 1. The highest BCUT2D eigenvalue weighted by atomic mass is 32.2. The number of hydrogen-bond donors (Lipinski definition) is 2. The predicted molar refractivity (Wildman–Crippen MR) is 103 cm³/mol. The van der Waals surface area contributed by atoms with Crippen molar-refractivity contribution in [2.24, 2.45) is 0 Å². The molecule has 1 amide bonds. The molecule has 0 radical (unpaired) electrons. The van der Waals surface area contributed by atoms with E-state index in [1.807, 2.05) is 0 Å². The van der Waals surface area contributed by atoms with Crippen LogP contribution in [0.3, 0.4) is 0 Å². The van der Waals surface area contributed by atoms with Crippen LogP contribution in [0.5, 0.6) is 0 Å². The molecule has 1 aromatic heterocycles. The molecule has 0 atom stereocenters. The highest BCUT2D eigenvalue weighted by Crippen LogP contribution is 2.33. The average molecular weight is 403 g/mol. The molecule has 1 aliphatic heterocycles. The monoisotopic (exact) mass is 403 g/mol. The van der Waals surface area contributed by atoms with Gasteiger partial charge in [0, 0.05) is 18.2 Å². The maximum atomic E-state index is 12.4. The maximum absolute atomic E-state index is 12.4. The second-order valence-corrected chi connectivity index (χ2v) is 7.24. The molecule has 0 saturated carbocycles. The molecular weight excluding hydrogens is 390 g/mol. The Balaban J connectivity index is 1.76. The maximum Gasteiger partial charge on any atom is 0.335 e. The molecule has 1 aliphatic rings. The predicted octanol–water partition coefficient (Wildman–Crippen LogP) is 3.32. The summed E-state index contributed by atoms with van der Waals surface area (Å²) in [5, 5.41) is 17.7. The fourth-order valence-corrected chi connectivity index (χ4v) is 3.68. The van der Waals surface area contributed by atoms with E-state index < -0.39 is 11.9 Å². The van der Waals surface area contributed by atoms with E-state index in [0.29, 0.717) is 26.3 Å². The zero-order chi connectivity index (χ0) is 19.6. The lowest BCUT2D eigenvalue weighted by Gasteiger charge is -2.12. The van der Waals surface area contributed by atoms with Crippen molar-refractivity contribution in [3.63, 3.8) is 0 Å². The Bertz CT molecular complexity index is 960. The first-order valence-corrected chi connectivity index (χ1v) is 8.98. The number of furan rings is 1. The Morgan fingerprint density at radius 1 is 1.15 bits per heavy atom. The molecule has 0 unspecified atom stereocenters. The summed E-state index contributed by atoms with van der Waals surface area (Å²) in [4.78, 5) is 35.6. The zero-order valence-corrected chi connectivity index (χ0v) is 15.4. The number of carboxylic acid groups (broad SMARTS) is 2. The largest absolute Gasteiger partial charge is 0.481 e. The summed E-state index contributed by atoms with van der Waals surface area (Å²) < 4.78 is 6.01. The van der Waals surface area contributed by atoms with Crippen LogP contribution in [0.25, 0.3) is 17.4 Å². The fourth-order valence-electron chi connectivity index (χ4n) is 2.39. The van der Waals surface area contributed by atoms with Gasteiger partial charge in [-0.15, -0.1) is 0 Å². The van der Waals surface area contributed by atoms with Crippen molar-refractivity contribution >= 4 is 52.2 Å². The minimum Gasteiger partial charge on any atom is -0.481 e. The van der Waals surface area contributed by atoms with Crippen LogP contribution in [0.15, 0.2) is 45.7 Å². The molecule has 1 fully saturated rings. The summed E-state index contributed by atoms with van der Waals surface area (Å²) in [7, 11) is 0. The van der Waals surface area contributed by atoms with E-state index in [1.165, 1.54) is 17.0 Å². The third kappa shape index (κ3) is 4.26. The number of carboxylic acids is 2. The van der Waals surface area contributed by atoms with Crippen molar-refractivity contribution in [1.29, 1.82) is 0 Å². The zero-order valence-electron chi connectivity index (χ0n) is 13.7. The molecule has 0 bridgehead atoms. The van der Waals surface area contributed by atoms with Crippen molar-refractivity contribution < 1.29 is 29.0 Å². The van der Waals surface area contributed by atoms with Gasteiger partial charge in [-0.05, 0) is 24.3 Å². The van der Waals surface area contributed by atoms with Gasteiger partial charge in [0.15, 0.2) is 0 Å². The fraction of sp³-hybridized carbons (Fsp3) is 0.111. The molecule has 0 aliphatic carbocycles. The number of hydrogen-bond acceptors (Lipinski definition) is 6. The van der Waals surface area contributed by atoms with Crippen LogP contribution in [-0.4, -0.2) is 43.8 Å². The van der Waals surface area contributed by atoms with Crippen molar-refractivity contribution in [1.82, 2.24) is 4.90 Å². The van der Waals surface area contributed by atoms with Crippen molar-refractivity contribution in [2.75, 3.05) is 6.54 Å². The van der Waals surface area contributed by atoms with Crippen LogP contribution >= 0.6 is 24.0 Å². The Morgan fingerprint density at radius 3 is 2.48 bits per heavy atom. The Kier molecular flexibility index (Phi) is 5.43. The first-order chi connectivity index (χ1) is 12.8. The van der Waals surface area contributed by atoms with Gasteiger partial charge in [0.1, 0.15) is 15.8 Å². The summed E-state index contributed by atoms with van der Waals surface area (Å²) in [6.45, 7) is 0.0245. The lowest BCUT2D eigenvalue weighted by Crippen LogP contribution is -2.30. The Morgan fingerprint density at radius 2 is 1.85 bits per heavy atom. The second kappa shape index (κ2) is 7.77. The SMILES string of the molecule is O=C(O)CCN1C(=O)C(=Cc2ccc(-c3ccc(C(=O)O)cc3)o2)SC1=S. The van der Waals surface area contributed by atoms with E-state index in [4.69, 9.17) is 26.8 Å². The third-order valence-electron chi connectivity index (χ3n) is 3.74. The van der Waals surface area contributed by atoms with Crippen LogP contribution in [0.4, 0.5) is 0 Å². The molecule has 27 heavy (non-hydrogen) atoms. The molecule has 9 heteroatoms. The summed E-state index contributed by atoms with van der Waals surface area (Å²) in [6, 6.07) is 9.63. The van der Waals surface area contributed by atoms with Gasteiger partial charge >= 0.3 is 11.9 Å². The van der Waals surface area contributed by atoms with E-state index in [1.54, 1.807) is 30.3 Å². The van der Waals surface area contributed by atoms with Gasteiger partial charge in [-0.1, -0.05) is 36.1 Å². The summed E-state index contributed by atoms with van der Waals surface area (Å²) in [5.74, 6) is -1.40. The number of benzene rings is 1. The second-order valence-electron chi connectivity index (χ2n) is 5.56. The van der Waals surface area contributed by atoms with Gasteiger partial charge in [-0.25, -0.2) is 4.79 Å². The number of carbonyl (C=O) groups is 3. The van der Waals surface area contributed by atoms with E-state index in [-0.39, 0.29) is 24.4 Å². The van der Waals surface area contributed by atoms with Crippen LogP contribution in [-0.2, 0) is 9.59 Å². The average Bonchev–Trinajstić information content (AvgIpc) is 3.19. The molecule has 2 N–H and O–H groups in total. The number of thiocarbonyl (C=S) groups is 1. The van der Waals surface area contributed by atoms with Crippen LogP contribution < -0.4 is 0 Å². The van der Waals surface area contributed by atoms with Crippen LogP contribution in [0.1, 0.15) is 22.5 Å². The minimum atomic E-state index is -1.01. The first-order valence-electron chi connectivity index (χ1n) is 7.76. The topological polar surface area (TPSA) is 108 Å². The van der Waals surface area contributed by atoms with Gasteiger partial charge in [0.25, 0.3) is 5.91 Å². The number of thioether (sulfide) groups is 1. The van der Waals surface area contributed by atoms with Gasteiger partial charge in [0.2, 0.25) is 0 Å². The molecule has 2 aromatic rings. The van der Waals surface area contributed by atoms with E-state index in [0.717, 1.165) is 11.8 Å². The molecular formula is C18H13NO6S2. The standard InChI is InChI=1S/C18H13NO6S2/c20-15(21)7-8-19-16(22)14(27-18(19)26)9-12-5-6-13(25-12)10-1-3-11(4-2-10)17(23)24/h1-6,9H,7-8H2,(H,20,21)(H,23,24). The van der Waals surface area contributed by atoms with Crippen molar-refractivity contribution in [2.45, 2.75) is 6.42 Å². The van der Waals surface area contributed by atoms with E-state index in [2.05, 4.69) is 0 Å². The van der Waals surface area contributed by atoms with E-state index >= 15 is 0 Å². The number of amides is 1. The molecule has 0 spiro atoms. The number of nitrogens with zero attached hydrogens (tertiary/aromatic N) is 1. The van der Waals surface area contributed by atoms with Gasteiger partial charge in [0.05, 0.1) is 16.9 Å². The molecule has 7 nitrogen and oxygen atoms in total. The van der Waals surface area contributed by atoms with Crippen LogP contribution in [0, 0.1) is 0 Å². The summed E-state index contributed by atoms with van der Waals surface area (Å²) >= 11 is 6.22. The van der Waals surface area contributed by atoms with Crippen molar-refractivity contribution in [3.8, 4) is 11.3 Å². The smallest absolute Gasteiger partial charge is 0.335 e. The minimum absolute atomic E-state index is 0.0245. The number of carbonyl (C=O) groups excluding carboxylic acids is 1. The van der Waals surface area contributed by atoms with Crippen LogP contribution in [0.2, 0.25) is 0 Å². The summed E-state index contributed by atoms with van der Waals surface area (Å²) in [5.41, 5.74) is 0.879. The Labute approximate surface area is 163 Å². The Hall–Kier alpha value is -2.91. The third-order valence-corrected chi connectivity index (χ3v) is 5.12. The lowest BCUT2D eigenvalue weighted by atomic mass is 10.1. The van der Waals surface area contributed by atoms with Gasteiger partial charge in [-0.3, -0.25) is 14.5 Å². The number of aromatic carboxylic acids is 1. The molecule has 1 aromatic carbocycles. The first kappa shape index (κ1) is 18.9. The quantitative estimate of drug-likeness (QED) is 0.559. The highest BCUT2D eigenvalue weighted by Gasteiger charge is 2.32. The molecule has 138 valence electrons. The molecule has 3 rings (SSSR count). The summed E-state index contributed by atoms with van der Waals surface area (Å²) in [6.07, 6.45) is 1.37. The highest BCUT2D eigenvalue weighted by molar-refractivity contribution is 8.26. The van der Waals surface area contributed by atoms with Gasteiger partial charge < -0.3 is 14.6 Å². The lowest BCUT2D eigenvalue weighted by molar-refractivity contribution is -0.137. The van der Waals surface area contributed by atoms with Crippen molar-refractivity contribution in [3.05, 3.63) is 52.6 Å². The van der Waals surface area contributed by atoms with Gasteiger partial charge in [-0.2, -0.15) is 0 Å². The molecule has 1 saturated heterocycles. The number of rotatable bonds is 6. The van der Waals surface area contributed by atoms with E-state index in [9.17, 15) is 14.4 Å². The normalized spacial score (nSPS) is 15.6.